The van der Waals surface area contributed by atoms with E-state index in [2.05, 4.69) is 21.7 Å². The zero-order chi connectivity index (χ0) is 31.5. The van der Waals surface area contributed by atoms with Crippen LogP contribution < -0.4 is 31.2 Å². The van der Waals surface area contributed by atoms with Crippen molar-refractivity contribution >= 4 is 35.6 Å². The number of amides is 4. The maximum absolute atomic E-state index is 11.9. The Morgan fingerprint density at radius 1 is 0.535 bits per heavy atom. The number of benzene rings is 2. The van der Waals surface area contributed by atoms with Crippen molar-refractivity contribution in [3.63, 3.8) is 0 Å². The fourth-order valence-corrected chi connectivity index (χ4v) is 3.11. The van der Waals surface area contributed by atoms with E-state index >= 15 is 0 Å². The number of hydrogen-bond acceptors (Lipinski definition) is 10. The van der Waals surface area contributed by atoms with Crippen LogP contribution in [0.4, 0.5) is 0 Å². The predicted octanol–water partition coefficient (Wildman–Crippen LogP) is 1.74. The van der Waals surface area contributed by atoms with Gasteiger partial charge >= 0.3 is 11.9 Å². The van der Waals surface area contributed by atoms with Crippen molar-refractivity contribution < 1.29 is 47.7 Å². The van der Waals surface area contributed by atoms with Crippen LogP contribution in [0.25, 0.3) is 0 Å². The van der Waals surface area contributed by atoms with Crippen LogP contribution >= 0.6 is 0 Å². The molecule has 4 N–H and O–H groups in total. The van der Waals surface area contributed by atoms with E-state index in [1.165, 1.54) is 48.5 Å². The molecule has 0 aliphatic heterocycles. The first-order valence-corrected chi connectivity index (χ1v) is 13.7. The van der Waals surface area contributed by atoms with Crippen LogP contribution in [0.2, 0.25) is 0 Å². The van der Waals surface area contributed by atoms with Gasteiger partial charge in [-0.1, -0.05) is 13.8 Å². The highest BCUT2D eigenvalue weighted by molar-refractivity contribution is 5.90. The van der Waals surface area contributed by atoms with Gasteiger partial charge < -0.3 is 18.9 Å². The summed E-state index contributed by atoms with van der Waals surface area (Å²) in [7, 11) is 0. The highest BCUT2D eigenvalue weighted by atomic mass is 16.5. The van der Waals surface area contributed by atoms with E-state index in [1.807, 2.05) is 13.8 Å². The van der Waals surface area contributed by atoms with Gasteiger partial charge in [0, 0.05) is 12.8 Å². The first-order valence-electron chi connectivity index (χ1n) is 13.7. The molecule has 0 bridgehead atoms. The number of rotatable bonds is 16. The lowest BCUT2D eigenvalue weighted by Gasteiger charge is -2.10. The van der Waals surface area contributed by atoms with E-state index in [0.29, 0.717) is 48.7 Å². The second-order valence-corrected chi connectivity index (χ2v) is 8.94. The van der Waals surface area contributed by atoms with Crippen molar-refractivity contribution in [3.05, 3.63) is 59.7 Å². The molecule has 0 saturated carbocycles. The van der Waals surface area contributed by atoms with Crippen molar-refractivity contribution in [3.8, 4) is 11.5 Å². The minimum absolute atomic E-state index is 0.0663. The summed E-state index contributed by atoms with van der Waals surface area (Å²) in [5.41, 5.74) is 9.53. The number of nitrogens with one attached hydrogen (secondary N) is 4. The summed E-state index contributed by atoms with van der Waals surface area (Å²) in [5, 5.41) is 0. The van der Waals surface area contributed by atoms with Crippen LogP contribution in [0.1, 0.15) is 66.7 Å². The molecule has 2 rings (SSSR count). The molecule has 43 heavy (non-hydrogen) atoms. The Morgan fingerprint density at radius 2 is 0.884 bits per heavy atom. The van der Waals surface area contributed by atoms with Gasteiger partial charge in [-0.3, -0.25) is 40.9 Å². The van der Waals surface area contributed by atoms with Crippen molar-refractivity contribution in [2.24, 2.45) is 0 Å². The minimum Gasteiger partial charge on any atom is -0.484 e. The summed E-state index contributed by atoms with van der Waals surface area (Å²) in [4.78, 5) is 71.2. The summed E-state index contributed by atoms with van der Waals surface area (Å²) in [6.07, 6.45) is 1.44. The van der Waals surface area contributed by atoms with Crippen molar-refractivity contribution in [2.45, 2.75) is 46.0 Å². The fourth-order valence-electron chi connectivity index (χ4n) is 3.11. The van der Waals surface area contributed by atoms with Crippen LogP contribution in [-0.2, 0) is 28.7 Å². The zero-order valence-corrected chi connectivity index (χ0v) is 24.1. The van der Waals surface area contributed by atoms with Gasteiger partial charge in [0.25, 0.3) is 11.8 Å². The van der Waals surface area contributed by atoms with Crippen molar-refractivity contribution in [1.29, 1.82) is 0 Å². The van der Waals surface area contributed by atoms with Gasteiger partial charge in [0.15, 0.2) is 13.2 Å². The molecule has 0 fully saturated rings. The van der Waals surface area contributed by atoms with Crippen LogP contribution in [-0.4, -0.2) is 62.0 Å². The molecule has 0 spiro atoms. The van der Waals surface area contributed by atoms with Crippen LogP contribution in [0.5, 0.6) is 11.5 Å². The summed E-state index contributed by atoms with van der Waals surface area (Å²) in [5.74, 6) is -2.50. The van der Waals surface area contributed by atoms with Crippen LogP contribution in [0, 0.1) is 0 Å². The molecule has 2 aromatic carbocycles. The van der Waals surface area contributed by atoms with Gasteiger partial charge in [-0.2, -0.15) is 0 Å². The monoisotopic (exact) mass is 600 g/mol. The Bertz CT molecular complexity index is 1140. The van der Waals surface area contributed by atoms with Gasteiger partial charge in [0.05, 0.1) is 24.3 Å². The molecule has 0 atom stereocenters. The molecule has 2 aromatic rings. The number of carbonyl (C=O) groups is 6. The Labute approximate surface area is 248 Å². The predicted molar refractivity (Wildman–Crippen MR) is 151 cm³/mol. The standard InChI is InChI=1S/C29H36N4O10/c1-3-16-40-28(38)20-8-12-22(13-9-20)42-18-26(36)32-30-24(34)6-5-7-25(35)31-33-27(37)19-43-23-14-10-21(11-15-23)29(39)41-17-4-2/h8-15H,3-7,16-19H2,1-2H3,(H,30,34)(H,31,35)(H,32,36)(H,33,37). The number of hydrogen-bond donors (Lipinski definition) is 4. The third-order valence-electron chi connectivity index (χ3n) is 5.28. The topological polar surface area (TPSA) is 187 Å². The summed E-state index contributed by atoms with van der Waals surface area (Å²) >= 11 is 0. The van der Waals surface area contributed by atoms with Gasteiger partial charge in [-0.15, -0.1) is 0 Å². The lowest BCUT2D eigenvalue weighted by Crippen LogP contribution is -2.44. The Hall–Kier alpha value is -5.14. The first-order chi connectivity index (χ1) is 20.7. The Kier molecular flexibility index (Phi) is 15.1. The molecular formula is C29H36N4O10. The van der Waals surface area contributed by atoms with E-state index in [9.17, 15) is 28.8 Å². The van der Waals surface area contributed by atoms with E-state index in [1.54, 1.807) is 0 Å². The molecule has 14 heteroatoms. The molecule has 4 amide bonds. The van der Waals surface area contributed by atoms with Gasteiger partial charge in [0.2, 0.25) is 11.8 Å². The molecule has 0 unspecified atom stereocenters. The highest BCUT2D eigenvalue weighted by Gasteiger charge is 2.11. The SMILES string of the molecule is CCCOC(=O)c1ccc(OCC(=O)NNC(=O)CCCC(=O)NNC(=O)COc2ccc(C(=O)OCCC)cc2)cc1. The second-order valence-electron chi connectivity index (χ2n) is 8.94. The highest BCUT2D eigenvalue weighted by Crippen LogP contribution is 2.14. The Balaban J connectivity index is 1.54. The Morgan fingerprint density at radius 3 is 1.23 bits per heavy atom. The second kappa shape index (κ2) is 19.1. The number of esters is 2. The first kappa shape index (κ1) is 34.1. The van der Waals surface area contributed by atoms with Crippen LogP contribution in [0.15, 0.2) is 48.5 Å². The molecule has 232 valence electrons. The summed E-state index contributed by atoms with van der Waals surface area (Å²) < 4.78 is 20.7. The number of hydrazine groups is 2. The quantitative estimate of drug-likeness (QED) is 0.163. The smallest absolute Gasteiger partial charge is 0.338 e. The molecule has 0 aliphatic carbocycles. The number of ether oxygens (including phenoxy) is 4. The van der Waals surface area contributed by atoms with Crippen LogP contribution in [0.3, 0.4) is 0 Å². The third kappa shape index (κ3) is 13.9. The molecule has 14 nitrogen and oxygen atoms in total. The molecule has 0 aliphatic rings. The largest absolute Gasteiger partial charge is 0.484 e. The van der Waals surface area contributed by atoms with E-state index in [0.717, 1.165) is 0 Å². The lowest BCUT2D eigenvalue weighted by atomic mass is 10.2. The zero-order valence-electron chi connectivity index (χ0n) is 24.1. The van der Waals surface area contributed by atoms with E-state index in [4.69, 9.17) is 18.9 Å². The van der Waals surface area contributed by atoms with E-state index in [-0.39, 0.29) is 32.5 Å². The summed E-state index contributed by atoms with van der Waals surface area (Å²) in [6.45, 7) is 3.66. The van der Waals surface area contributed by atoms with Crippen molar-refractivity contribution in [2.75, 3.05) is 26.4 Å². The molecule has 0 radical (unpaired) electrons. The van der Waals surface area contributed by atoms with Gasteiger partial charge in [-0.25, -0.2) is 9.59 Å². The lowest BCUT2D eigenvalue weighted by molar-refractivity contribution is -0.131. The molecular weight excluding hydrogens is 564 g/mol. The third-order valence-corrected chi connectivity index (χ3v) is 5.28. The van der Waals surface area contributed by atoms with Gasteiger partial charge in [-0.05, 0) is 67.8 Å². The molecule has 0 saturated heterocycles. The average molecular weight is 601 g/mol. The van der Waals surface area contributed by atoms with Crippen molar-refractivity contribution in [1.82, 2.24) is 21.7 Å². The molecule has 0 heterocycles. The fraction of sp³-hybridized carbons (Fsp3) is 0.379. The average Bonchev–Trinajstić information content (AvgIpc) is 3.02. The van der Waals surface area contributed by atoms with E-state index < -0.39 is 35.6 Å². The maximum Gasteiger partial charge on any atom is 0.338 e. The summed E-state index contributed by atoms with van der Waals surface area (Å²) in [6, 6.07) is 12.1. The maximum atomic E-state index is 11.9. The van der Waals surface area contributed by atoms with Gasteiger partial charge in [0.1, 0.15) is 11.5 Å². The molecule has 0 aromatic heterocycles. The number of carbonyl (C=O) groups excluding carboxylic acids is 6. The minimum atomic E-state index is -0.618. The normalized spacial score (nSPS) is 10.1.